The lowest BCUT2D eigenvalue weighted by atomic mass is 10.2. The summed E-state index contributed by atoms with van der Waals surface area (Å²) in [6, 6.07) is 10.3. The Morgan fingerprint density at radius 1 is 1.27 bits per heavy atom. The second kappa shape index (κ2) is 5.58. The fourth-order valence-electron chi connectivity index (χ4n) is 2.26. The van der Waals surface area contributed by atoms with Crippen LogP contribution in [-0.4, -0.2) is 9.55 Å². The molecule has 0 aliphatic rings. The molecule has 0 unspecified atom stereocenters. The zero-order valence-corrected chi connectivity index (χ0v) is 12.0. The fraction of sp³-hybridized carbons (Fsp3) is 0.0625. The maximum absolute atomic E-state index is 13.4. The van der Waals surface area contributed by atoms with Crippen LogP contribution >= 0.6 is 11.6 Å². The molecule has 0 bridgehead atoms. The molecule has 22 heavy (non-hydrogen) atoms. The molecular weight excluding hydrogens is 305 g/mol. The number of benzene rings is 2. The van der Waals surface area contributed by atoms with E-state index in [-0.39, 0.29) is 11.4 Å². The van der Waals surface area contributed by atoms with Crippen LogP contribution in [0.1, 0.15) is 5.82 Å². The molecule has 1 aromatic heterocycles. The predicted octanol–water partition coefficient (Wildman–Crippen LogP) is 3.81. The van der Waals surface area contributed by atoms with Crippen molar-refractivity contribution in [3.05, 3.63) is 75.9 Å². The Labute approximate surface area is 130 Å². The van der Waals surface area contributed by atoms with Crippen LogP contribution in [0.5, 0.6) is 0 Å². The molecule has 6 heteroatoms. The molecule has 0 atom stereocenters. The Hall–Kier alpha value is -2.71. The number of hydrogen-bond acceptors (Lipinski definition) is 2. The SMILES string of the molecule is [C-]#[N+]c1ccc2nc(CCl)n(-c3cccc(F)c3)c(=O)c2c1. The fourth-order valence-corrected chi connectivity index (χ4v) is 2.44. The predicted molar refractivity (Wildman–Crippen MR) is 83.1 cm³/mol. The monoisotopic (exact) mass is 313 g/mol. The van der Waals surface area contributed by atoms with Gasteiger partial charge >= 0.3 is 0 Å². The van der Waals surface area contributed by atoms with Crippen molar-refractivity contribution in [3.8, 4) is 5.69 Å². The maximum Gasteiger partial charge on any atom is 0.264 e. The van der Waals surface area contributed by atoms with Crippen LogP contribution in [0, 0.1) is 12.4 Å². The quantitative estimate of drug-likeness (QED) is 0.533. The van der Waals surface area contributed by atoms with E-state index in [1.54, 1.807) is 18.2 Å². The van der Waals surface area contributed by atoms with Gasteiger partial charge in [0.05, 0.1) is 29.0 Å². The molecule has 0 fully saturated rings. The molecule has 3 rings (SSSR count). The molecule has 1 heterocycles. The molecule has 0 spiro atoms. The van der Waals surface area contributed by atoms with E-state index < -0.39 is 5.82 Å². The van der Waals surface area contributed by atoms with Gasteiger partial charge in [-0.05, 0) is 30.3 Å². The number of hydrogen-bond donors (Lipinski definition) is 0. The van der Waals surface area contributed by atoms with Gasteiger partial charge in [-0.1, -0.05) is 12.1 Å². The van der Waals surface area contributed by atoms with Crippen LogP contribution in [0.25, 0.3) is 21.4 Å². The summed E-state index contributed by atoms with van der Waals surface area (Å²) in [6.45, 7) is 7.04. The minimum absolute atomic E-state index is 0.00621. The molecule has 0 amide bonds. The maximum atomic E-state index is 13.4. The first-order valence-corrected chi connectivity index (χ1v) is 6.92. The largest absolute Gasteiger partial charge is 0.268 e. The molecule has 2 aromatic carbocycles. The van der Waals surface area contributed by atoms with Crippen molar-refractivity contribution in [1.82, 2.24) is 9.55 Å². The number of rotatable bonds is 2. The lowest BCUT2D eigenvalue weighted by Gasteiger charge is -2.12. The highest BCUT2D eigenvalue weighted by Gasteiger charge is 2.13. The van der Waals surface area contributed by atoms with Gasteiger partial charge in [0.25, 0.3) is 5.56 Å². The molecule has 4 nitrogen and oxygen atoms in total. The summed E-state index contributed by atoms with van der Waals surface area (Å²) in [5.41, 5.74) is 0.775. The molecule has 0 saturated carbocycles. The van der Waals surface area contributed by atoms with Crippen molar-refractivity contribution < 1.29 is 4.39 Å². The van der Waals surface area contributed by atoms with Gasteiger partial charge < -0.3 is 0 Å². The Balaban J connectivity index is 2.40. The molecule has 0 N–H and O–H groups in total. The molecule has 0 radical (unpaired) electrons. The molecule has 0 aliphatic heterocycles. The average molecular weight is 314 g/mol. The Bertz CT molecular complexity index is 975. The zero-order chi connectivity index (χ0) is 15.7. The van der Waals surface area contributed by atoms with Gasteiger partial charge in [0.2, 0.25) is 0 Å². The second-order valence-corrected chi connectivity index (χ2v) is 4.86. The molecule has 3 aromatic rings. The number of halogens is 2. The van der Waals surface area contributed by atoms with E-state index in [1.807, 2.05) is 0 Å². The normalized spacial score (nSPS) is 10.6. The number of nitrogens with zero attached hydrogens (tertiary/aromatic N) is 3. The summed E-state index contributed by atoms with van der Waals surface area (Å²) in [5, 5.41) is 0.298. The van der Waals surface area contributed by atoms with Crippen molar-refractivity contribution >= 4 is 28.2 Å². The van der Waals surface area contributed by atoms with Crippen molar-refractivity contribution in [3.63, 3.8) is 0 Å². The average Bonchev–Trinajstić information content (AvgIpc) is 2.54. The minimum atomic E-state index is -0.458. The third-order valence-electron chi connectivity index (χ3n) is 3.24. The Kier molecular flexibility index (Phi) is 3.61. The molecule has 0 saturated heterocycles. The van der Waals surface area contributed by atoms with Gasteiger partial charge in [0.1, 0.15) is 11.6 Å². The third-order valence-corrected chi connectivity index (χ3v) is 3.48. The Morgan fingerprint density at radius 3 is 2.77 bits per heavy atom. The van der Waals surface area contributed by atoms with E-state index in [2.05, 4.69) is 9.83 Å². The summed E-state index contributed by atoms with van der Waals surface area (Å²) in [5.74, 6) is -0.132. The molecule has 0 aliphatic carbocycles. The first kappa shape index (κ1) is 14.2. The topological polar surface area (TPSA) is 39.2 Å². The van der Waals surface area contributed by atoms with E-state index >= 15 is 0 Å². The second-order valence-electron chi connectivity index (χ2n) is 4.60. The van der Waals surface area contributed by atoms with Crippen LogP contribution in [0.15, 0.2) is 47.3 Å². The Morgan fingerprint density at radius 2 is 2.09 bits per heavy atom. The van der Waals surface area contributed by atoms with Gasteiger partial charge in [-0.25, -0.2) is 14.2 Å². The van der Waals surface area contributed by atoms with Gasteiger partial charge in [0, 0.05) is 0 Å². The van der Waals surface area contributed by atoms with E-state index in [9.17, 15) is 9.18 Å². The highest BCUT2D eigenvalue weighted by atomic mass is 35.5. The van der Waals surface area contributed by atoms with Crippen molar-refractivity contribution in [2.24, 2.45) is 0 Å². The highest BCUT2D eigenvalue weighted by Crippen LogP contribution is 2.20. The number of alkyl halides is 1. The summed E-state index contributed by atoms with van der Waals surface area (Å²) in [7, 11) is 0. The molecular formula is C16H9ClFN3O. The smallest absolute Gasteiger partial charge is 0.264 e. The standard InChI is InChI=1S/C16H9ClFN3O/c1-19-11-5-6-14-13(8-11)16(22)21(15(9-17)20-14)12-4-2-3-10(18)7-12/h2-8H,9H2. The van der Waals surface area contributed by atoms with Gasteiger partial charge in [-0.15, -0.1) is 11.6 Å². The highest BCUT2D eigenvalue weighted by molar-refractivity contribution is 6.16. The number of aromatic nitrogens is 2. The van der Waals surface area contributed by atoms with Gasteiger partial charge in [-0.2, -0.15) is 0 Å². The van der Waals surface area contributed by atoms with Crippen LogP contribution in [0.3, 0.4) is 0 Å². The van der Waals surface area contributed by atoms with E-state index in [4.69, 9.17) is 18.2 Å². The first-order chi connectivity index (χ1) is 10.6. The summed E-state index contributed by atoms with van der Waals surface area (Å²) >= 11 is 5.89. The lowest BCUT2D eigenvalue weighted by molar-refractivity contribution is 0.626. The van der Waals surface area contributed by atoms with E-state index in [0.717, 1.165) is 0 Å². The van der Waals surface area contributed by atoms with Gasteiger partial charge in [0.15, 0.2) is 5.69 Å². The summed E-state index contributed by atoms with van der Waals surface area (Å²) < 4.78 is 14.7. The van der Waals surface area contributed by atoms with Crippen LogP contribution in [0.4, 0.5) is 10.1 Å². The van der Waals surface area contributed by atoms with Crippen LogP contribution < -0.4 is 5.56 Å². The number of fused-ring (bicyclic) bond motifs is 1. The summed E-state index contributed by atoms with van der Waals surface area (Å²) in [4.78, 5) is 20.4. The van der Waals surface area contributed by atoms with Crippen molar-refractivity contribution in [1.29, 1.82) is 0 Å². The summed E-state index contributed by atoms with van der Waals surface area (Å²) in [6.07, 6.45) is 0. The first-order valence-electron chi connectivity index (χ1n) is 6.39. The third kappa shape index (κ3) is 2.34. The molecule has 108 valence electrons. The van der Waals surface area contributed by atoms with E-state index in [1.165, 1.54) is 28.8 Å². The van der Waals surface area contributed by atoms with E-state index in [0.29, 0.717) is 28.1 Å². The minimum Gasteiger partial charge on any atom is -0.268 e. The van der Waals surface area contributed by atoms with Crippen molar-refractivity contribution in [2.75, 3.05) is 0 Å². The lowest BCUT2D eigenvalue weighted by Crippen LogP contribution is -2.23. The van der Waals surface area contributed by atoms with Crippen LogP contribution in [-0.2, 0) is 5.88 Å². The van der Waals surface area contributed by atoms with Crippen molar-refractivity contribution in [2.45, 2.75) is 5.88 Å². The van der Waals surface area contributed by atoms with Crippen LogP contribution in [0.2, 0.25) is 0 Å². The van der Waals surface area contributed by atoms with Gasteiger partial charge in [-0.3, -0.25) is 9.36 Å². The zero-order valence-electron chi connectivity index (χ0n) is 11.3.